The number of carbonyl (C=O) groups excluding carboxylic acids is 1. The normalized spacial score (nSPS) is 21.3. The highest BCUT2D eigenvalue weighted by Gasteiger charge is 2.27. The maximum absolute atomic E-state index is 12.3. The molecule has 170 valence electrons. The molecule has 0 bridgehead atoms. The first-order valence-electron chi connectivity index (χ1n) is 10.8. The van der Waals surface area contributed by atoms with E-state index in [1.165, 1.54) is 19.3 Å². The molecule has 2 fully saturated rings. The molecule has 0 radical (unpaired) electrons. The third-order valence-electron chi connectivity index (χ3n) is 5.51. The highest BCUT2D eigenvalue weighted by atomic mass is 127. The quantitative estimate of drug-likeness (QED) is 0.339. The third kappa shape index (κ3) is 9.72. The minimum atomic E-state index is -0.447. The lowest BCUT2D eigenvalue weighted by Gasteiger charge is -2.35. The minimum absolute atomic E-state index is 0. The number of likely N-dealkylation sites (tertiary alicyclic amines) is 1. The van der Waals surface area contributed by atoms with E-state index in [1.54, 1.807) is 0 Å². The molecule has 0 aromatic heterocycles. The van der Waals surface area contributed by atoms with Gasteiger partial charge in [0, 0.05) is 53.5 Å². The van der Waals surface area contributed by atoms with Crippen LogP contribution >= 0.6 is 24.0 Å². The molecule has 2 aliphatic rings. The summed E-state index contributed by atoms with van der Waals surface area (Å²) in [6, 6.07) is 0. The monoisotopic (exact) mass is 524 g/mol. The van der Waals surface area contributed by atoms with Gasteiger partial charge in [-0.1, -0.05) is 0 Å². The van der Waals surface area contributed by atoms with Crippen LogP contribution in [0.25, 0.3) is 0 Å². The molecular formula is C21H41IN4O3. The molecule has 2 heterocycles. The number of hydrogen-bond donors (Lipinski definition) is 1. The molecule has 7 nitrogen and oxygen atoms in total. The van der Waals surface area contributed by atoms with Crippen LogP contribution in [0.2, 0.25) is 0 Å². The Labute approximate surface area is 194 Å². The van der Waals surface area contributed by atoms with E-state index in [4.69, 9.17) is 9.47 Å². The number of piperidine rings is 1. The molecule has 0 aromatic rings. The summed E-state index contributed by atoms with van der Waals surface area (Å²) in [5.74, 6) is 2.11. The Morgan fingerprint density at radius 3 is 2.55 bits per heavy atom. The largest absolute Gasteiger partial charge is 0.444 e. The molecule has 0 saturated carbocycles. The fraction of sp³-hybridized carbons (Fsp3) is 0.905. The number of ether oxygens (including phenoxy) is 2. The van der Waals surface area contributed by atoms with Gasteiger partial charge in [0.25, 0.3) is 0 Å². The second-order valence-electron chi connectivity index (χ2n) is 9.13. The number of rotatable bonds is 5. The first-order valence-corrected chi connectivity index (χ1v) is 10.8. The van der Waals surface area contributed by atoms with Crippen LogP contribution in [-0.2, 0) is 9.47 Å². The van der Waals surface area contributed by atoms with Crippen molar-refractivity contribution in [1.82, 2.24) is 15.1 Å². The molecule has 1 atom stereocenters. The van der Waals surface area contributed by atoms with E-state index in [1.807, 2.05) is 32.7 Å². The molecule has 0 spiro atoms. The summed E-state index contributed by atoms with van der Waals surface area (Å²) in [4.78, 5) is 20.8. The number of nitrogens with one attached hydrogen (secondary N) is 1. The fourth-order valence-electron chi connectivity index (χ4n) is 3.86. The Bertz CT molecular complexity index is 519. The van der Waals surface area contributed by atoms with Gasteiger partial charge >= 0.3 is 6.09 Å². The van der Waals surface area contributed by atoms with Gasteiger partial charge in [0.15, 0.2) is 5.96 Å². The molecule has 0 aliphatic carbocycles. The number of guanidine groups is 1. The van der Waals surface area contributed by atoms with Gasteiger partial charge in [-0.15, -0.1) is 24.0 Å². The molecule has 2 aliphatic heterocycles. The number of halogens is 1. The zero-order valence-corrected chi connectivity index (χ0v) is 21.2. The van der Waals surface area contributed by atoms with Gasteiger partial charge in [-0.05, 0) is 64.7 Å². The van der Waals surface area contributed by atoms with Gasteiger partial charge in [0.2, 0.25) is 0 Å². The molecule has 2 rings (SSSR count). The van der Waals surface area contributed by atoms with Crippen molar-refractivity contribution in [2.45, 2.75) is 58.5 Å². The molecule has 29 heavy (non-hydrogen) atoms. The third-order valence-corrected chi connectivity index (χ3v) is 5.51. The van der Waals surface area contributed by atoms with E-state index in [2.05, 4.69) is 22.3 Å². The van der Waals surface area contributed by atoms with Crippen LogP contribution in [0.15, 0.2) is 4.99 Å². The molecule has 1 N–H and O–H groups in total. The van der Waals surface area contributed by atoms with E-state index >= 15 is 0 Å². The van der Waals surface area contributed by atoms with Crippen LogP contribution in [0.5, 0.6) is 0 Å². The summed E-state index contributed by atoms with van der Waals surface area (Å²) in [7, 11) is 3.93. The van der Waals surface area contributed by atoms with E-state index in [9.17, 15) is 4.79 Å². The Kier molecular flexibility index (Phi) is 11.6. The summed E-state index contributed by atoms with van der Waals surface area (Å²) in [5.41, 5.74) is -0.447. The van der Waals surface area contributed by atoms with E-state index in [0.717, 1.165) is 64.1 Å². The van der Waals surface area contributed by atoms with Crippen LogP contribution in [0.1, 0.15) is 52.9 Å². The highest BCUT2D eigenvalue weighted by molar-refractivity contribution is 14.0. The van der Waals surface area contributed by atoms with Crippen molar-refractivity contribution in [2.24, 2.45) is 16.8 Å². The van der Waals surface area contributed by atoms with Crippen molar-refractivity contribution in [2.75, 3.05) is 53.5 Å². The van der Waals surface area contributed by atoms with E-state index in [0.29, 0.717) is 5.92 Å². The van der Waals surface area contributed by atoms with Crippen molar-refractivity contribution in [3.05, 3.63) is 0 Å². The van der Waals surface area contributed by atoms with Crippen molar-refractivity contribution >= 4 is 36.0 Å². The van der Waals surface area contributed by atoms with Gasteiger partial charge in [-0.2, -0.15) is 0 Å². The van der Waals surface area contributed by atoms with E-state index < -0.39 is 5.60 Å². The molecular weight excluding hydrogens is 483 g/mol. The van der Waals surface area contributed by atoms with Crippen LogP contribution in [0.3, 0.4) is 0 Å². The van der Waals surface area contributed by atoms with Crippen LogP contribution < -0.4 is 5.32 Å². The molecule has 8 heteroatoms. The standard InChI is InChI=1S/C21H40N4O3.HI/c1-21(2,3)28-20(26)25-11-6-7-18(16-25)15-23-19(22-4)24(5)12-8-17-9-13-27-14-10-17;/h17-18H,6-16H2,1-5H3,(H,22,23);1H. The lowest BCUT2D eigenvalue weighted by Crippen LogP contribution is -2.47. The summed E-state index contributed by atoms with van der Waals surface area (Å²) in [6.07, 6.45) is 5.45. The van der Waals surface area contributed by atoms with Crippen LogP contribution in [0.4, 0.5) is 4.79 Å². The Morgan fingerprint density at radius 2 is 1.93 bits per heavy atom. The summed E-state index contributed by atoms with van der Waals surface area (Å²) >= 11 is 0. The number of hydrogen-bond acceptors (Lipinski definition) is 4. The Hall–Kier alpha value is -0.770. The van der Waals surface area contributed by atoms with Gasteiger partial charge in [0.05, 0.1) is 0 Å². The summed E-state index contributed by atoms with van der Waals surface area (Å²) in [6.45, 7) is 10.9. The van der Waals surface area contributed by atoms with E-state index in [-0.39, 0.29) is 30.1 Å². The summed E-state index contributed by atoms with van der Waals surface area (Å²) in [5, 5.41) is 3.51. The van der Waals surface area contributed by atoms with Crippen molar-refractivity contribution in [3.63, 3.8) is 0 Å². The zero-order valence-electron chi connectivity index (χ0n) is 18.9. The Morgan fingerprint density at radius 1 is 1.24 bits per heavy atom. The maximum atomic E-state index is 12.3. The van der Waals surface area contributed by atoms with Crippen molar-refractivity contribution in [3.8, 4) is 0 Å². The molecule has 1 amide bonds. The number of nitrogens with zero attached hydrogens (tertiary/aromatic N) is 3. The number of aliphatic imine (C=N–C) groups is 1. The fourth-order valence-corrected chi connectivity index (χ4v) is 3.86. The molecule has 2 saturated heterocycles. The second kappa shape index (κ2) is 12.8. The summed E-state index contributed by atoms with van der Waals surface area (Å²) < 4.78 is 11.0. The number of amides is 1. The zero-order chi connectivity index (χ0) is 20.6. The van der Waals surface area contributed by atoms with Gasteiger partial charge in [0.1, 0.15) is 5.60 Å². The topological polar surface area (TPSA) is 66.4 Å². The van der Waals surface area contributed by atoms with Gasteiger partial charge in [-0.25, -0.2) is 4.79 Å². The van der Waals surface area contributed by atoms with Crippen LogP contribution in [-0.4, -0.2) is 80.9 Å². The predicted octanol–water partition coefficient (Wildman–Crippen LogP) is 3.58. The minimum Gasteiger partial charge on any atom is -0.444 e. The van der Waals surface area contributed by atoms with Gasteiger partial charge in [-0.3, -0.25) is 4.99 Å². The van der Waals surface area contributed by atoms with Crippen LogP contribution in [0, 0.1) is 11.8 Å². The second-order valence-corrected chi connectivity index (χ2v) is 9.13. The Balaban J connectivity index is 0.00000420. The molecule has 0 aromatic carbocycles. The highest BCUT2D eigenvalue weighted by Crippen LogP contribution is 2.20. The van der Waals surface area contributed by atoms with Crippen molar-refractivity contribution < 1.29 is 14.3 Å². The average Bonchev–Trinajstić information content (AvgIpc) is 2.66. The predicted molar refractivity (Wildman–Crippen MR) is 128 cm³/mol. The smallest absolute Gasteiger partial charge is 0.410 e. The first-order chi connectivity index (χ1) is 13.3. The van der Waals surface area contributed by atoms with Gasteiger partial charge < -0.3 is 24.6 Å². The lowest BCUT2D eigenvalue weighted by molar-refractivity contribution is 0.0168. The average molecular weight is 524 g/mol. The number of carbonyl (C=O) groups is 1. The first kappa shape index (κ1) is 26.3. The maximum Gasteiger partial charge on any atom is 0.410 e. The lowest BCUT2D eigenvalue weighted by atomic mass is 9.96. The van der Waals surface area contributed by atoms with Crippen molar-refractivity contribution in [1.29, 1.82) is 0 Å². The SMILES string of the molecule is CN=C(NCC1CCCN(C(=O)OC(C)(C)C)C1)N(C)CCC1CCOCC1.I. The molecule has 1 unspecified atom stereocenters.